The van der Waals surface area contributed by atoms with E-state index in [9.17, 15) is 9.90 Å². The zero-order chi connectivity index (χ0) is 19.4. The summed E-state index contributed by atoms with van der Waals surface area (Å²) in [6.45, 7) is 2.01. The van der Waals surface area contributed by atoms with Crippen LogP contribution in [-0.2, 0) is 16.0 Å². The molecule has 2 aromatic rings. The average molecular weight is 384 g/mol. The number of nitrogens with one attached hydrogen (secondary N) is 1. The molecule has 2 aliphatic heterocycles. The van der Waals surface area contributed by atoms with Crippen molar-refractivity contribution in [2.24, 2.45) is 17.8 Å². The van der Waals surface area contributed by atoms with Gasteiger partial charge in [-0.1, -0.05) is 6.07 Å². The topological polar surface area (TPSA) is 74.8 Å². The van der Waals surface area contributed by atoms with E-state index in [1.807, 2.05) is 12.1 Å². The number of aliphatic hydroxyl groups is 1. The molecule has 1 saturated carbocycles. The number of aliphatic hydroxyl groups excluding tert-OH is 1. The number of piperidine rings is 1. The number of aromatic nitrogens is 1. The van der Waals surface area contributed by atoms with Crippen LogP contribution in [0.25, 0.3) is 10.9 Å². The zero-order valence-electron chi connectivity index (χ0n) is 16.5. The van der Waals surface area contributed by atoms with Crippen molar-refractivity contribution >= 4 is 16.9 Å². The lowest BCUT2D eigenvalue weighted by molar-refractivity contribution is -0.160. The molecular formula is C22H28N2O4. The van der Waals surface area contributed by atoms with Gasteiger partial charge in [-0.2, -0.15) is 0 Å². The van der Waals surface area contributed by atoms with Crippen molar-refractivity contribution in [3.05, 3.63) is 29.5 Å². The van der Waals surface area contributed by atoms with E-state index in [0.29, 0.717) is 12.3 Å². The number of esters is 1. The Labute approximate surface area is 164 Å². The smallest absolute Gasteiger partial charge is 0.311 e. The Kier molecular flexibility index (Phi) is 4.36. The van der Waals surface area contributed by atoms with E-state index in [1.165, 1.54) is 23.8 Å². The first kappa shape index (κ1) is 18.0. The molecule has 1 aromatic carbocycles. The standard InChI is InChI=1S/C22H28N2O4/c1-27-18-5-3-4-15-19(18)13-8-9-24-11-12-6-7-17(25)20(22(26)28-2)14(12)10-16(24)21(13)23-15/h3-5,12,14,16-17,20,23,25H,6-11H2,1-2H3/t12-,14+,16+,17-,20-/m1/s1. The fourth-order valence-corrected chi connectivity index (χ4v) is 6.04. The molecular weight excluding hydrogens is 356 g/mol. The highest BCUT2D eigenvalue weighted by Crippen LogP contribution is 2.50. The molecule has 0 spiro atoms. The lowest BCUT2D eigenvalue weighted by atomic mass is 9.65. The Morgan fingerprint density at radius 1 is 1.29 bits per heavy atom. The lowest BCUT2D eigenvalue weighted by Gasteiger charge is -2.50. The minimum absolute atomic E-state index is 0.164. The van der Waals surface area contributed by atoms with Gasteiger partial charge in [-0.05, 0) is 55.2 Å². The molecule has 28 heavy (non-hydrogen) atoms. The number of aromatic amines is 1. The fourth-order valence-electron chi connectivity index (χ4n) is 6.04. The molecule has 0 amide bonds. The van der Waals surface area contributed by atoms with Crippen LogP contribution in [0.4, 0.5) is 0 Å². The van der Waals surface area contributed by atoms with E-state index < -0.39 is 12.0 Å². The number of fused-ring (bicyclic) bond motifs is 6. The molecule has 0 bridgehead atoms. The lowest BCUT2D eigenvalue weighted by Crippen LogP contribution is -2.53. The minimum atomic E-state index is -0.592. The Morgan fingerprint density at radius 2 is 2.14 bits per heavy atom. The summed E-state index contributed by atoms with van der Waals surface area (Å²) in [7, 11) is 3.15. The number of hydrogen-bond acceptors (Lipinski definition) is 5. The molecule has 5 atom stereocenters. The highest BCUT2D eigenvalue weighted by atomic mass is 16.5. The molecule has 2 N–H and O–H groups in total. The maximum absolute atomic E-state index is 12.4. The van der Waals surface area contributed by atoms with E-state index in [-0.39, 0.29) is 17.9 Å². The van der Waals surface area contributed by atoms with Crippen molar-refractivity contribution in [3.8, 4) is 5.75 Å². The Morgan fingerprint density at radius 3 is 2.93 bits per heavy atom. The molecule has 0 unspecified atom stereocenters. The van der Waals surface area contributed by atoms with Crippen LogP contribution in [-0.4, -0.2) is 54.4 Å². The number of carbonyl (C=O) groups excluding carboxylic acids is 1. The monoisotopic (exact) mass is 384 g/mol. The summed E-state index contributed by atoms with van der Waals surface area (Å²) in [5, 5.41) is 11.7. The highest BCUT2D eigenvalue weighted by molar-refractivity contribution is 5.91. The predicted octanol–water partition coefficient (Wildman–Crippen LogP) is 2.66. The predicted molar refractivity (Wildman–Crippen MR) is 105 cm³/mol. The van der Waals surface area contributed by atoms with E-state index in [4.69, 9.17) is 9.47 Å². The molecule has 150 valence electrons. The third-order valence-electron chi connectivity index (χ3n) is 7.32. The number of ether oxygens (including phenoxy) is 2. The minimum Gasteiger partial charge on any atom is -0.496 e. The average Bonchev–Trinajstić information content (AvgIpc) is 3.11. The quantitative estimate of drug-likeness (QED) is 0.779. The van der Waals surface area contributed by atoms with Crippen molar-refractivity contribution in [2.45, 2.75) is 37.8 Å². The Balaban J connectivity index is 1.54. The zero-order valence-corrected chi connectivity index (χ0v) is 16.5. The van der Waals surface area contributed by atoms with Gasteiger partial charge in [-0.25, -0.2) is 0 Å². The normalized spacial score (nSPS) is 32.3. The third-order valence-corrected chi connectivity index (χ3v) is 7.32. The maximum Gasteiger partial charge on any atom is 0.311 e. The largest absolute Gasteiger partial charge is 0.496 e. The number of benzene rings is 1. The van der Waals surface area contributed by atoms with Crippen LogP contribution >= 0.6 is 0 Å². The number of carbonyl (C=O) groups is 1. The second-order valence-corrected chi connectivity index (χ2v) is 8.51. The summed E-state index contributed by atoms with van der Waals surface area (Å²) in [6, 6.07) is 6.39. The van der Waals surface area contributed by atoms with Gasteiger partial charge in [0.15, 0.2) is 0 Å². The molecule has 0 radical (unpaired) electrons. The summed E-state index contributed by atoms with van der Waals surface area (Å²) < 4.78 is 10.7. The number of rotatable bonds is 2. The molecule has 2 fully saturated rings. The third kappa shape index (κ3) is 2.58. The van der Waals surface area contributed by atoms with Gasteiger partial charge < -0.3 is 19.6 Å². The Hall–Kier alpha value is -2.05. The van der Waals surface area contributed by atoms with E-state index in [0.717, 1.165) is 43.6 Å². The van der Waals surface area contributed by atoms with Gasteiger partial charge in [-0.3, -0.25) is 9.69 Å². The summed E-state index contributed by atoms with van der Waals surface area (Å²) >= 11 is 0. The van der Waals surface area contributed by atoms with Crippen molar-refractivity contribution in [1.82, 2.24) is 9.88 Å². The first-order valence-corrected chi connectivity index (χ1v) is 10.3. The van der Waals surface area contributed by atoms with Gasteiger partial charge in [-0.15, -0.1) is 0 Å². The number of hydrogen-bond donors (Lipinski definition) is 2. The van der Waals surface area contributed by atoms with Crippen LogP contribution in [0, 0.1) is 17.8 Å². The number of H-pyrrole nitrogens is 1. The second kappa shape index (κ2) is 6.78. The van der Waals surface area contributed by atoms with Crippen LogP contribution in [0.3, 0.4) is 0 Å². The molecule has 1 saturated heterocycles. The molecule has 5 rings (SSSR count). The molecule has 6 nitrogen and oxygen atoms in total. The summed E-state index contributed by atoms with van der Waals surface area (Å²) in [4.78, 5) is 18.7. The van der Waals surface area contributed by atoms with Crippen LogP contribution in [0.5, 0.6) is 5.75 Å². The van der Waals surface area contributed by atoms with Crippen LogP contribution in [0.15, 0.2) is 18.2 Å². The van der Waals surface area contributed by atoms with Crippen molar-refractivity contribution < 1.29 is 19.4 Å². The SMILES string of the molecule is COC(=O)[C@@H]1[C@H]2C[C@H]3c4[nH]c5cccc(OC)c5c4CCN3C[C@H]2CC[C@H]1O. The van der Waals surface area contributed by atoms with Gasteiger partial charge in [0.05, 0.1) is 32.3 Å². The first-order valence-electron chi connectivity index (χ1n) is 10.3. The van der Waals surface area contributed by atoms with Crippen molar-refractivity contribution in [3.63, 3.8) is 0 Å². The molecule has 1 aromatic heterocycles. The van der Waals surface area contributed by atoms with Gasteiger partial charge in [0.1, 0.15) is 5.75 Å². The van der Waals surface area contributed by atoms with Crippen LogP contribution in [0.1, 0.15) is 36.6 Å². The first-order chi connectivity index (χ1) is 13.6. The molecule has 1 aliphatic carbocycles. The van der Waals surface area contributed by atoms with Gasteiger partial charge in [0.25, 0.3) is 0 Å². The van der Waals surface area contributed by atoms with Crippen LogP contribution < -0.4 is 4.74 Å². The highest BCUT2D eigenvalue weighted by Gasteiger charge is 2.49. The van der Waals surface area contributed by atoms with E-state index in [2.05, 4.69) is 16.0 Å². The fraction of sp³-hybridized carbons (Fsp3) is 0.591. The van der Waals surface area contributed by atoms with Gasteiger partial charge in [0.2, 0.25) is 0 Å². The molecule has 6 heteroatoms. The second-order valence-electron chi connectivity index (χ2n) is 8.51. The van der Waals surface area contributed by atoms with Crippen molar-refractivity contribution in [2.75, 3.05) is 27.3 Å². The van der Waals surface area contributed by atoms with E-state index in [1.54, 1.807) is 7.11 Å². The Bertz CT molecular complexity index is 907. The summed E-state index contributed by atoms with van der Waals surface area (Å²) in [5.41, 5.74) is 3.72. The van der Waals surface area contributed by atoms with E-state index >= 15 is 0 Å². The number of methoxy groups -OCH3 is 2. The molecule has 3 heterocycles. The van der Waals surface area contributed by atoms with Crippen molar-refractivity contribution in [1.29, 1.82) is 0 Å². The summed E-state index contributed by atoms with van der Waals surface area (Å²) in [5.74, 6) is 0.860. The van der Waals surface area contributed by atoms with Crippen LogP contribution in [0.2, 0.25) is 0 Å². The van der Waals surface area contributed by atoms with Gasteiger partial charge in [0, 0.05) is 29.7 Å². The maximum atomic E-state index is 12.4. The number of nitrogens with zero attached hydrogens (tertiary/aromatic N) is 1. The van der Waals surface area contributed by atoms with Gasteiger partial charge >= 0.3 is 5.97 Å². The molecule has 3 aliphatic rings. The summed E-state index contributed by atoms with van der Waals surface area (Å²) in [6.07, 6.45) is 2.96.